The molecule has 0 saturated heterocycles. The van der Waals surface area contributed by atoms with E-state index >= 15 is 0 Å². The first-order valence-electron chi connectivity index (χ1n) is 6.48. The third-order valence-electron chi connectivity index (χ3n) is 3.00. The molecule has 1 amide bonds. The number of rotatable bonds is 6. The number of nitrogens with two attached hydrogens (primary N) is 1. The van der Waals surface area contributed by atoms with E-state index in [4.69, 9.17) is 5.73 Å². The Hall–Kier alpha value is -0.610. The van der Waals surface area contributed by atoms with Gasteiger partial charge in [-0.25, -0.2) is 0 Å². The third kappa shape index (κ3) is 6.64. The van der Waals surface area contributed by atoms with Gasteiger partial charge in [0.15, 0.2) is 0 Å². The summed E-state index contributed by atoms with van der Waals surface area (Å²) in [7, 11) is 0. The van der Waals surface area contributed by atoms with Gasteiger partial charge in [0, 0.05) is 19.0 Å². The molecule has 1 fully saturated rings. The molecule has 4 N–H and O–H groups in total. The largest absolute Gasteiger partial charge is 0.391 e. The number of amides is 1. The quantitative estimate of drug-likeness (QED) is 0.651. The van der Waals surface area contributed by atoms with Crippen molar-refractivity contribution in [1.82, 2.24) is 5.32 Å². The van der Waals surface area contributed by atoms with Gasteiger partial charge < -0.3 is 16.2 Å². The van der Waals surface area contributed by atoms with E-state index in [1.807, 2.05) is 0 Å². The molecule has 0 aliphatic heterocycles. The van der Waals surface area contributed by atoms with Crippen molar-refractivity contribution in [2.45, 2.75) is 58.6 Å². The van der Waals surface area contributed by atoms with Gasteiger partial charge in [-0.2, -0.15) is 0 Å². The van der Waals surface area contributed by atoms with E-state index in [9.17, 15) is 9.90 Å². The Kier molecular flexibility index (Phi) is 4.95. The Morgan fingerprint density at radius 2 is 2.06 bits per heavy atom. The molecule has 0 bridgehead atoms. The van der Waals surface area contributed by atoms with Crippen molar-refractivity contribution < 1.29 is 9.90 Å². The summed E-state index contributed by atoms with van der Waals surface area (Å²) in [5.41, 5.74) is 6.06. The lowest BCUT2D eigenvalue weighted by atomic mass is 9.87. The maximum atomic E-state index is 11.6. The van der Waals surface area contributed by atoms with E-state index in [0.29, 0.717) is 18.9 Å². The van der Waals surface area contributed by atoms with Gasteiger partial charge in [-0.3, -0.25) is 4.79 Å². The highest BCUT2D eigenvalue weighted by Gasteiger charge is 2.29. The van der Waals surface area contributed by atoms with Crippen molar-refractivity contribution in [2.24, 2.45) is 17.1 Å². The van der Waals surface area contributed by atoms with Crippen molar-refractivity contribution in [3.8, 4) is 0 Å². The molecule has 2 unspecified atom stereocenters. The molecule has 1 aliphatic rings. The van der Waals surface area contributed by atoms with Crippen molar-refractivity contribution in [3.05, 3.63) is 0 Å². The highest BCUT2D eigenvalue weighted by Crippen LogP contribution is 2.32. The normalized spacial score (nSPS) is 19.8. The highest BCUT2D eigenvalue weighted by molar-refractivity contribution is 5.76. The topological polar surface area (TPSA) is 75.4 Å². The van der Waals surface area contributed by atoms with Gasteiger partial charge in [-0.05, 0) is 30.6 Å². The molecule has 4 heteroatoms. The van der Waals surface area contributed by atoms with Crippen LogP contribution in [-0.4, -0.2) is 29.7 Å². The zero-order chi connectivity index (χ0) is 13.1. The number of carbonyl (C=O) groups is 1. The fourth-order valence-corrected chi connectivity index (χ4v) is 2.04. The van der Waals surface area contributed by atoms with Gasteiger partial charge in [0.1, 0.15) is 0 Å². The van der Waals surface area contributed by atoms with Crippen LogP contribution in [0.3, 0.4) is 0 Å². The number of hydrogen-bond donors (Lipinski definition) is 3. The van der Waals surface area contributed by atoms with Crippen LogP contribution < -0.4 is 11.1 Å². The van der Waals surface area contributed by atoms with Crippen LogP contribution in [0.2, 0.25) is 0 Å². The SMILES string of the molecule is CC(C)(C)CC(N)CC(=O)NCC(O)C1CC1. The Balaban J connectivity index is 2.15. The van der Waals surface area contributed by atoms with Gasteiger partial charge in [0.25, 0.3) is 0 Å². The second-order valence-corrected chi connectivity index (χ2v) is 6.44. The number of hydrogen-bond acceptors (Lipinski definition) is 3. The highest BCUT2D eigenvalue weighted by atomic mass is 16.3. The van der Waals surface area contributed by atoms with Crippen molar-refractivity contribution in [2.75, 3.05) is 6.54 Å². The predicted molar refractivity (Wildman–Crippen MR) is 68.4 cm³/mol. The summed E-state index contributed by atoms with van der Waals surface area (Å²) in [6, 6.07) is -0.104. The van der Waals surface area contributed by atoms with Crippen LogP contribution in [0, 0.1) is 11.3 Å². The number of nitrogens with one attached hydrogen (secondary N) is 1. The van der Waals surface area contributed by atoms with Gasteiger partial charge in [0.2, 0.25) is 5.91 Å². The molecule has 17 heavy (non-hydrogen) atoms. The molecule has 2 atom stereocenters. The summed E-state index contributed by atoms with van der Waals surface area (Å²) >= 11 is 0. The molecular weight excluding hydrogens is 216 g/mol. The Morgan fingerprint density at radius 1 is 1.47 bits per heavy atom. The number of aliphatic hydroxyl groups excluding tert-OH is 1. The van der Waals surface area contributed by atoms with Crippen LogP contribution in [0.5, 0.6) is 0 Å². The first-order chi connectivity index (χ1) is 7.78. The molecule has 0 radical (unpaired) electrons. The second kappa shape index (κ2) is 5.83. The third-order valence-corrected chi connectivity index (χ3v) is 3.00. The van der Waals surface area contributed by atoms with Crippen molar-refractivity contribution >= 4 is 5.91 Å². The monoisotopic (exact) mass is 242 g/mol. The van der Waals surface area contributed by atoms with Gasteiger partial charge in [0.05, 0.1) is 6.10 Å². The average Bonchev–Trinajstić information content (AvgIpc) is 2.93. The van der Waals surface area contributed by atoms with Gasteiger partial charge in [-0.1, -0.05) is 20.8 Å². The zero-order valence-electron chi connectivity index (χ0n) is 11.2. The summed E-state index contributed by atoms with van der Waals surface area (Å²) in [6.07, 6.45) is 2.96. The number of aliphatic hydroxyl groups is 1. The summed E-state index contributed by atoms with van der Waals surface area (Å²) in [6.45, 7) is 6.70. The van der Waals surface area contributed by atoms with Gasteiger partial charge >= 0.3 is 0 Å². The molecule has 0 spiro atoms. The maximum Gasteiger partial charge on any atom is 0.221 e. The molecular formula is C13H26N2O2. The molecule has 1 saturated carbocycles. The standard InChI is InChI=1S/C13H26N2O2/c1-13(2,3)7-10(14)6-12(17)15-8-11(16)9-4-5-9/h9-11,16H,4-8,14H2,1-3H3,(H,15,17). The van der Waals surface area contributed by atoms with Crippen LogP contribution in [-0.2, 0) is 4.79 Å². The van der Waals surface area contributed by atoms with E-state index in [1.165, 1.54) is 0 Å². The lowest BCUT2D eigenvalue weighted by molar-refractivity contribution is -0.122. The van der Waals surface area contributed by atoms with Gasteiger partial charge in [-0.15, -0.1) is 0 Å². The van der Waals surface area contributed by atoms with Crippen LogP contribution in [0.25, 0.3) is 0 Å². The minimum Gasteiger partial charge on any atom is -0.391 e. The van der Waals surface area contributed by atoms with E-state index in [1.54, 1.807) is 0 Å². The fourth-order valence-electron chi connectivity index (χ4n) is 2.04. The molecule has 1 rings (SSSR count). The average molecular weight is 242 g/mol. The zero-order valence-corrected chi connectivity index (χ0v) is 11.2. The predicted octanol–water partition coefficient (Wildman–Crippen LogP) is 1.03. The Bertz CT molecular complexity index is 257. The van der Waals surface area contributed by atoms with Crippen LogP contribution in [0.4, 0.5) is 0 Å². The molecule has 0 heterocycles. The van der Waals surface area contributed by atoms with Crippen LogP contribution >= 0.6 is 0 Å². The van der Waals surface area contributed by atoms with E-state index < -0.39 is 0 Å². The summed E-state index contributed by atoms with van der Waals surface area (Å²) in [5.74, 6) is 0.347. The summed E-state index contributed by atoms with van der Waals surface area (Å²) < 4.78 is 0. The fraction of sp³-hybridized carbons (Fsp3) is 0.923. The lowest BCUT2D eigenvalue weighted by Gasteiger charge is -2.22. The molecule has 0 aromatic carbocycles. The first kappa shape index (κ1) is 14.5. The molecule has 1 aliphatic carbocycles. The molecule has 0 aromatic heterocycles. The van der Waals surface area contributed by atoms with E-state index in [0.717, 1.165) is 19.3 Å². The molecule has 0 aromatic rings. The minimum absolute atomic E-state index is 0.0542. The minimum atomic E-state index is -0.377. The van der Waals surface area contributed by atoms with Crippen molar-refractivity contribution in [1.29, 1.82) is 0 Å². The number of carbonyl (C=O) groups excluding carboxylic acids is 1. The first-order valence-corrected chi connectivity index (χ1v) is 6.48. The van der Waals surface area contributed by atoms with Crippen molar-refractivity contribution in [3.63, 3.8) is 0 Å². The van der Waals surface area contributed by atoms with Crippen LogP contribution in [0.15, 0.2) is 0 Å². The van der Waals surface area contributed by atoms with E-state index in [-0.39, 0.29) is 23.5 Å². The summed E-state index contributed by atoms with van der Waals surface area (Å²) in [5, 5.41) is 12.4. The Morgan fingerprint density at radius 3 is 2.53 bits per heavy atom. The lowest BCUT2D eigenvalue weighted by Crippen LogP contribution is -2.37. The maximum absolute atomic E-state index is 11.6. The Labute approximate surface area is 104 Å². The summed E-state index contributed by atoms with van der Waals surface area (Å²) in [4.78, 5) is 11.6. The smallest absolute Gasteiger partial charge is 0.221 e. The molecule has 4 nitrogen and oxygen atoms in total. The molecule has 100 valence electrons. The van der Waals surface area contributed by atoms with E-state index in [2.05, 4.69) is 26.1 Å². The second-order valence-electron chi connectivity index (χ2n) is 6.44. The van der Waals surface area contributed by atoms with Crippen LogP contribution in [0.1, 0.15) is 46.5 Å².